The molecule has 0 aliphatic carbocycles. The van der Waals surface area contributed by atoms with Crippen LogP contribution in [0.15, 0.2) is 30.9 Å². The van der Waals surface area contributed by atoms with Gasteiger partial charge in [0.25, 0.3) is 5.91 Å². The smallest absolute Gasteiger partial charge is 0.308 e. The fourth-order valence-electron chi connectivity index (χ4n) is 6.01. The second-order valence-electron chi connectivity index (χ2n) is 9.15. The van der Waals surface area contributed by atoms with Crippen LogP contribution in [0.3, 0.4) is 0 Å². The van der Waals surface area contributed by atoms with Crippen molar-refractivity contribution in [2.75, 3.05) is 18.1 Å². The molecule has 2 bridgehead atoms. The third-order valence-corrected chi connectivity index (χ3v) is 9.24. The summed E-state index contributed by atoms with van der Waals surface area (Å²) in [7, 11) is 0. The second kappa shape index (κ2) is 8.23. The lowest BCUT2D eigenvalue weighted by Gasteiger charge is -2.39. The normalized spacial score (nSPS) is 31.5. The molecular weight excluding hydrogens is 428 g/mol. The third kappa shape index (κ3) is 3.10. The van der Waals surface area contributed by atoms with Gasteiger partial charge in [0.2, 0.25) is 5.91 Å². The van der Waals surface area contributed by atoms with Crippen molar-refractivity contribution >= 4 is 35.2 Å². The molecule has 2 unspecified atom stereocenters. The van der Waals surface area contributed by atoms with Crippen molar-refractivity contribution in [2.45, 2.75) is 55.7 Å². The summed E-state index contributed by atoms with van der Waals surface area (Å²) in [6.45, 7) is 9.40. The number of thioether (sulfide) groups is 1. The first-order chi connectivity index (χ1) is 15.2. The Morgan fingerprint density at radius 1 is 1.38 bits per heavy atom. The fourth-order valence-corrected chi connectivity index (χ4v) is 8.21. The Labute approximate surface area is 192 Å². The molecule has 0 saturated carbocycles. The van der Waals surface area contributed by atoms with Gasteiger partial charge >= 0.3 is 5.97 Å². The van der Waals surface area contributed by atoms with Gasteiger partial charge in [0.1, 0.15) is 6.04 Å². The molecule has 2 amide bonds. The largest absolute Gasteiger partial charge is 0.481 e. The number of carbonyl (C=O) groups excluding carboxylic acids is 2. The quantitative estimate of drug-likeness (QED) is 0.609. The van der Waals surface area contributed by atoms with E-state index in [2.05, 4.69) is 6.58 Å². The number of aliphatic hydroxyl groups excluding tert-OH is 1. The molecule has 3 aliphatic heterocycles. The first-order valence-electron chi connectivity index (χ1n) is 11.0. The molecule has 2 N–H and O–H groups in total. The molecule has 32 heavy (non-hydrogen) atoms. The van der Waals surface area contributed by atoms with E-state index in [1.807, 2.05) is 32.0 Å². The highest BCUT2D eigenvalue weighted by Crippen LogP contribution is 2.66. The molecule has 0 aromatic heterocycles. The standard InChI is InChI=1S/C24H30N2O5S/c1-5-11-25(19-13(2)7-6-8-14(19)3)22(29)20-24-10-9-16(32-24)17(23(30)31)18(24)21(28)26(20)15(4)12-27/h5-8,15-18,20,27H,1,9-12H2,2-4H3,(H,30,31)/t15-,16+,17-,18+,20?,24?/m1/s1. The molecule has 1 aromatic carbocycles. The summed E-state index contributed by atoms with van der Waals surface area (Å²) in [6, 6.07) is 4.40. The average Bonchev–Trinajstić information content (AvgIpc) is 3.39. The number of aliphatic carboxylic acids is 1. The zero-order chi connectivity index (χ0) is 23.4. The molecule has 4 rings (SSSR count). The minimum Gasteiger partial charge on any atom is -0.481 e. The number of para-hydroxylation sites is 1. The van der Waals surface area contributed by atoms with Gasteiger partial charge in [-0.2, -0.15) is 0 Å². The van der Waals surface area contributed by atoms with E-state index in [0.29, 0.717) is 12.8 Å². The van der Waals surface area contributed by atoms with Gasteiger partial charge in [0.15, 0.2) is 0 Å². The second-order valence-corrected chi connectivity index (χ2v) is 10.8. The summed E-state index contributed by atoms with van der Waals surface area (Å²) in [5.41, 5.74) is 2.66. The van der Waals surface area contributed by atoms with Gasteiger partial charge in [0, 0.05) is 17.5 Å². The predicted molar refractivity (Wildman–Crippen MR) is 124 cm³/mol. The Hall–Kier alpha value is -2.32. The van der Waals surface area contributed by atoms with E-state index >= 15 is 0 Å². The van der Waals surface area contributed by atoms with Crippen LogP contribution < -0.4 is 4.90 Å². The number of carboxylic acids is 1. The van der Waals surface area contributed by atoms with E-state index in [-0.39, 0.29) is 30.2 Å². The molecule has 6 atom stereocenters. The number of aryl methyl sites for hydroxylation is 2. The van der Waals surface area contributed by atoms with Gasteiger partial charge in [-0.05, 0) is 44.7 Å². The molecule has 3 fully saturated rings. The van der Waals surface area contributed by atoms with E-state index in [0.717, 1.165) is 16.8 Å². The number of hydrogen-bond acceptors (Lipinski definition) is 5. The first-order valence-corrected chi connectivity index (χ1v) is 11.9. The highest BCUT2D eigenvalue weighted by atomic mass is 32.2. The Balaban J connectivity index is 1.85. The van der Waals surface area contributed by atoms with Crippen molar-refractivity contribution in [3.63, 3.8) is 0 Å². The van der Waals surface area contributed by atoms with Crippen LogP contribution in [0.1, 0.15) is 30.9 Å². The number of carbonyl (C=O) groups is 3. The van der Waals surface area contributed by atoms with Crippen LogP contribution in [0.4, 0.5) is 5.69 Å². The van der Waals surface area contributed by atoms with Crippen molar-refractivity contribution in [2.24, 2.45) is 11.8 Å². The molecule has 172 valence electrons. The molecule has 7 nitrogen and oxygen atoms in total. The van der Waals surface area contributed by atoms with E-state index in [9.17, 15) is 24.6 Å². The molecule has 3 aliphatic rings. The lowest BCUT2D eigenvalue weighted by Crippen LogP contribution is -2.57. The average molecular weight is 459 g/mol. The van der Waals surface area contributed by atoms with Gasteiger partial charge in [0.05, 0.1) is 29.2 Å². The fraction of sp³-hybridized carbons (Fsp3) is 0.542. The molecule has 0 radical (unpaired) electrons. The van der Waals surface area contributed by atoms with Gasteiger partial charge in [-0.1, -0.05) is 24.3 Å². The van der Waals surface area contributed by atoms with Crippen molar-refractivity contribution in [1.29, 1.82) is 0 Å². The maximum atomic E-state index is 14.3. The van der Waals surface area contributed by atoms with Gasteiger partial charge in [-0.25, -0.2) is 0 Å². The maximum Gasteiger partial charge on any atom is 0.308 e. The summed E-state index contributed by atoms with van der Waals surface area (Å²) in [5.74, 6) is -3.11. The summed E-state index contributed by atoms with van der Waals surface area (Å²) in [6.07, 6.45) is 2.94. The minimum absolute atomic E-state index is 0.170. The number of nitrogens with zero attached hydrogens (tertiary/aromatic N) is 2. The summed E-state index contributed by atoms with van der Waals surface area (Å²) in [5, 5.41) is 19.6. The molecule has 1 spiro atoms. The number of benzene rings is 1. The number of aliphatic hydroxyl groups is 1. The van der Waals surface area contributed by atoms with Gasteiger partial charge < -0.3 is 20.0 Å². The number of fused-ring (bicyclic) bond motifs is 1. The minimum atomic E-state index is -0.982. The topological polar surface area (TPSA) is 98.2 Å². The van der Waals surface area contributed by atoms with Crippen molar-refractivity contribution in [1.82, 2.24) is 4.90 Å². The Bertz CT molecular complexity index is 961. The number of likely N-dealkylation sites (tertiary alicyclic amines) is 1. The van der Waals surface area contributed by atoms with Crippen LogP contribution in [0.5, 0.6) is 0 Å². The third-order valence-electron chi connectivity index (χ3n) is 7.28. The van der Waals surface area contributed by atoms with Crippen molar-refractivity contribution in [3.05, 3.63) is 42.0 Å². The van der Waals surface area contributed by atoms with Gasteiger partial charge in [-0.3, -0.25) is 14.4 Å². The Kier molecular flexibility index (Phi) is 5.88. The monoisotopic (exact) mass is 458 g/mol. The highest BCUT2D eigenvalue weighted by Gasteiger charge is 2.74. The zero-order valence-corrected chi connectivity index (χ0v) is 19.5. The summed E-state index contributed by atoms with van der Waals surface area (Å²) < 4.78 is -0.790. The van der Waals surface area contributed by atoms with E-state index in [4.69, 9.17) is 0 Å². The number of carboxylic acid groups (broad SMARTS) is 1. The van der Waals surface area contributed by atoms with Crippen molar-refractivity contribution in [3.8, 4) is 0 Å². The molecular formula is C24H30N2O5S. The summed E-state index contributed by atoms with van der Waals surface area (Å²) in [4.78, 5) is 43.1. The van der Waals surface area contributed by atoms with Crippen LogP contribution >= 0.6 is 11.8 Å². The van der Waals surface area contributed by atoms with Crippen LogP contribution in [0.25, 0.3) is 0 Å². The van der Waals surface area contributed by atoms with Crippen LogP contribution in [0.2, 0.25) is 0 Å². The highest BCUT2D eigenvalue weighted by molar-refractivity contribution is 8.02. The van der Waals surface area contributed by atoms with E-state index in [1.54, 1.807) is 17.9 Å². The predicted octanol–water partition coefficient (Wildman–Crippen LogP) is 2.38. The lowest BCUT2D eigenvalue weighted by atomic mass is 9.71. The number of amides is 2. The first kappa shape index (κ1) is 22.9. The molecule has 3 heterocycles. The Morgan fingerprint density at radius 3 is 2.59 bits per heavy atom. The van der Waals surface area contributed by atoms with Crippen LogP contribution in [0, 0.1) is 25.7 Å². The SMILES string of the molecule is C=CCN(C(=O)C1N([C@H](C)CO)C(=O)[C@@H]2[C@H](C(=O)O)[C@@H]3CCC12S3)c1c(C)cccc1C. The zero-order valence-electron chi connectivity index (χ0n) is 18.7. The Morgan fingerprint density at radius 2 is 2.03 bits per heavy atom. The van der Waals surface area contributed by atoms with E-state index in [1.165, 1.54) is 16.7 Å². The van der Waals surface area contributed by atoms with Crippen molar-refractivity contribution < 1.29 is 24.6 Å². The maximum absolute atomic E-state index is 14.3. The molecule has 1 aromatic rings. The lowest BCUT2D eigenvalue weighted by molar-refractivity contribution is -0.149. The summed E-state index contributed by atoms with van der Waals surface area (Å²) >= 11 is 1.50. The molecule has 8 heteroatoms. The number of anilines is 1. The van der Waals surface area contributed by atoms with E-state index < -0.39 is 34.6 Å². The number of hydrogen-bond donors (Lipinski definition) is 2. The number of rotatable bonds is 7. The van der Waals surface area contributed by atoms with Crippen LogP contribution in [-0.2, 0) is 14.4 Å². The van der Waals surface area contributed by atoms with Gasteiger partial charge in [-0.15, -0.1) is 18.3 Å². The molecule has 3 saturated heterocycles. The van der Waals surface area contributed by atoms with Crippen LogP contribution in [-0.4, -0.2) is 68.1 Å².